The lowest BCUT2D eigenvalue weighted by molar-refractivity contribution is 0.283. The van der Waals surface area contributed by atoms with Gasteiger partial charge in [0.25, 0.3) is 5.56 Å². The standard InChI is InChI=1S/C24H34FN3O3/c1-24(2,19-10-11-20(25)21(16-19)31-17-18-8-9-18)26-13-6-4-3-5-7-14-28-15-12-22(29)27-23(28)30/h10-12,15-16,18,26H,3-9,13-14,17H2,1-2H3,(H,27,29,30). The summed E-state index contributed by atoms with van der Waals surface area (Å²) in [5, 5.41) is 3.57. The van der Waals surface area contributed by atoms with Gasteiger partial charge in [-0.15, -0.1) is 0 Å². The zero-order valence-corrected chi connectivity index (χ0v) is 18.6. The molecule has 1 aliphatic rings. The SMILES string of the molecule is CC(C)(NCCCCCCCn1ccc(=O)[nH]c1=O)c1ccc(F)c(OCC2CC2)c1. The minimum Gasteiger partial charge on any atom is -0.490 e. The van der Waals surface area contributed by atoms with Crippen molar-refractivity contribution < 1.29 is 9.13 Å². The number of ether oxygens (including phenoxy) is 1. The highest BCUT2D eigenvalue weighted by Crippen LogP contribution is 2.31. The lowest BCUT2D eigenvalue weighted by Gasteiger charge is -2.27. The molecule has 1 aliphatic carbocycles. The van der Waals surface area contributed by atoms with Crippen molar-refractivity contribution >= 4 is 0 Å². The summed E-state index contributed by atoms with van der Waals surface area (Å²) in [6, 6.07) is 6.52. The third-order valence-electron chi connectivity index (χ3n) is 5.86. The molecule has 3 rings (SSSR count). The first-order chi connectivity index (χ1) is 14.8. The fourth-order valence-corrected chi connectivity index (χ4v) is 3.56. The summed E-state index contributed by atoms with van der Waals surface area (Å²) in [6.45, 7) is 6.31. The van der Waals surface area contributed by atoms with Crippen molar-refractivity contribution in [2.75, 3.05) is 13.2 Å². The van der Waals surface area contributed by atoms with Gasteiger partial charge in [0.15, 0.2) is 11.6 Å². The molecule has 0 aliphatic heterocycles. The van der Waals surface area contributed by atoms with Gasteiger partial charge in [0, 0.05) is 24.3 Å². The van der Waals surface area contributed by atoms with E-state index in [9.17, 15) is 14.0 Å². The third-order valence-corrected chi connectivity index (χ3v) is 5.86. The van der Waals surface area contributed by atoms with E-state index in [1.807, 2.05) is 12.1 Å². The van der Waals surface area contributed by atoms with E-state index in [0.717, 1.165) is 44.2 Å². The molecule has 0 atom stereocenters. The van der Waals surface area contributed by atoms with Gasteiger partial charge in [0.2, 0.25) is 0 Å². The predicted octanol–water partition coefficient (Wildman–Crippen LogP) is 3.94. The molecular formula is C24H34FN3O3. The van der Waals surface area contributed by atoms with Crippen LogP contribution in [0.15, 0.2) is 40.1 Å². The van der Waals surface area contributed by atoms with E-state index in [1.54, 1.807) is 6.20 Å². The van der Waals surface area contributed by atoms with Crippen LogP contribution < -0.4 is 21.3 Å². The van der Waals surface area contributed by atoms with Crippen LogP contribution in [-0.4, -0.2) is 22.7 Å². The smallest absolute Gasteiger partial charge is 0.328 e. The fourth-order valence-electron chi connectivity index (χ4n) is 3.56. The van der Waals surface area contributed by atoms with Gasteiger partial charge in [-0.1, -0.05) is 25.3 Å². The summed E-state index contributed by atoms with van der Waals surface area (Å²) >= 11 is 0. The van der Waals surface area contributed by atoms with Crippen LogP contribution in [0.4, 0.5) is 4.39 Å². The highest BCUT2D eigenvalue weighted by molar-refractivity contribution is 5.34. The van der Waals surface area contributed by atoms with Gasteiger partial charge in [-0.25, -0.2) is 9.18 Å². The minimum absolute atomic E-state index is 0.267. The summed E-state index contributed by atoms with van der Waals surface area (Å²) in [7, 11) is 0. The molecule has 6 nitrogen and oxygen atoms in total. The second-order valence-electron chi connectivity index (χ2n) is 9.02. The second-order valence-corrected chi connectivity index (χ2v) is 9.02. The third kappa shape index (κ3) is 7.35. The molecule has 1 heterocycles. The Balaban J connectivity index is 1.34. The van der Waals surface area contributed by atoms with Crippen LogP contribution in [0.1, 0.15) is 64.4 Å². The van der Waals surface area contributed by atoms with Gasteiger partial charge in [0.1, 0.15) is 0 Å². The quantitative estimate of drug-likeness (QED) is 0.471. The average molecular weight is 432 g/mol. The maximum atomic E-state index is 14.1. The summed E-state index contributed by atoms with van der Waals surface area (Å²) in [6.07, 6.45) is 9.09. The molecule has 1 fully saturated rings. The van der Waals surface area contributed by atoms with E-state index in [4.69, 9.17) is 4.74 Å². The number of benzene rings is 1. The zero-order chi connectivity index (χ0) is 22.3. The van der Waals surface area contributed by atoms with Crippen LogP contribution in [0, 0.1) is 11.7 Å². The normalized spacial score (nSPS) is 14.0. The minimum atomic E-state index is -0.362. The molecule has 1 aromatic carbocycles. The van der Waals surface area contributed by atoms with Crippen molar-refractivity contribution in [1.82, 2.24) is 14.9 Å². The number of nitrogens with zero attached hydrogens (tertiary/aromatic N) is 1. The van der Waals surface area contributed by atoms with E-state index in [1.165, 1.54) is 29.5 Å². The van der Waals surface area contributed by atoms with Gasteiger partial charge in [0.05, 0.1) is 6.61 Å². The van der Waals surface area contributed by atoms with Gasteiger partial charge < -0.3 is 14.6 Å². The molecule has 0 spiro atoms. The van der Waals surface area contributed by atoms with E-state index in [0.29, 0.717) is 24.8 Å². The lowest BCUT2D eigenvalue weighted by Crippen LogP contribution is -2.37. The Morgan fingerprint density at radius 3 is 2.61 bits per heavy atom. The molecule has 2 aromatic rings. The van der Waals surface area contributed by atoms with Crippen LogP contribution in [0.5, 0.6) is 5.75 Å². The lowest BCUT2D eigenvalue weighted by atomic mass is 9.93. The maximum absolute atomic E-state index is 14.1. The molecule has 31 heavy (non-hydrogen) atoms. The number of unbranched alkanes of at least 4 members (excludes halogenated alkanes) is 4. The molecular weight excluding hydrogens is 397 g/mol. The first kappa shape index (κ1) is 23.3. The molecule has 0 unspecified atom stereocenters. The van der Waals surface area contributed by atoms with Crippen LogP contribution in [0.3, 0.4) is 0 Å². The van der Waals surface area contributed by atoms with Crippen LogP contribution in [0.2, 0.25) is 0 Å². The van der Waals surface area contributed by atoms with Gasteiger partial charge in [-0.05, 0) is 69.7 Å². The summed E-state index contributed by atoms with van der Waals surface area (Å²) in [5.41, 5.74) is 0.0442. The number of aryl methyl sites for hydroxylation is 1. The van der Waals surface area contributed by atoms with Crippen molar-refractivity contribution in [1.29, 1.82) is 0 Å². The number of aromatic amines is 1. The number of nitrogens with one attached hydrogen (secondary N) is 2. The van der Waals surface area contributed by atoms with Crippen LogP contribution in [-0.2, 0) is 12.1 Å². The molecule has 1 saturated carbocycles. The number of hydrogen-bond acceptors (Lipinski definition) is 4. The molecule has 1 aromatic heterocycles. The fraction of sp³-hybridized carbons (Fsp3) is 0.583. The first-order valence-corrected chi connectivity index (χ1v) is 11.3. The Morgan fingerprint density at radius 2 is 1.87 bits per heavy atom. The Bertz CT molecular complexity index is 963. The molecule has 170 valence electrons. The number of halogens is 1. The highest BCUT2D eigenvalue weighted by atomic mass is 19.1. The van der Waals surface area contributed by atoms with Crippen molar-refractivity contribution in [2.24, 2.45) is 5.92 Å². The monoisotopic (exact) mass is 431 g/mol. The number of aromatic nitrogens is 2. The van der Waals surface area contributed by atoms with E-state index in [2.05, 4.69) is 24.1 Å². The Morgan fingerprint density at radius 1 is 1.13 bits per heavy atom. The highest BCUT2D eigenvalue weighted by Gasteiger charge is 2.24. The van der Waals surface area contributed by atoms with Crippen molar-refractivity contribution in [3.8, 4) is 5.75 Å². The van der Waals surface area contributed by atoms with Crippen molar-refractivity contribution in [3.63, 3.8) is 0 Å². The van der Waals surface area contributed by atoms with E-state index < -0.39 is 0 Å². The summed E-state index contributed by atoms with van der Waals surface area (Å²) in [4.78, 5) is 25.0. The van der Waals surface area contributed by atoms with E-state index in [-0.39, 0.29) is 22.6 Å². The Kier molecular flexibility index (Phi) is 8.07. The average Bonchev–Trinajstić information content (AvgIpc) is 3.55. The van der Waals surface area contributed by atoms with Gasteiger partial charge in [-0.2, -0.15) is 0 Å². The van der Waals surface area contributed by atoms with E-state index >= 15 is 0 Å². The molecule has 2 N–H and O–H groups in total. The molecule has 7 heteroatoms. The Labute approximate surface area is 182 Å². The Hall–Kier alpha value is -2.41. The second kappa shape index (κ2) is 10.8. The number of H-pyrrole nitrogens is 1. The summed E-state index contributed by atoms with van der Waals surface area (Å²) < 4.78 is 21.3. The molecule has 0 amide bonds. The van der Waals surface area contributed by atoms with Crippen molar-refractivity contribution in [2.45, 2.75) is 70.9 Å². The number of rotatable bonds is 13. The predicted molar refractivity (Wildman–Crippen MR) is 120 cm³/mol. The maximum Gasteiger partial charge on any atom is 0.328 e. The largest absolute Gasteiger partial charge is 0.490 e. The van der Waals surface area contributed by atoms with Crippen molar-refractivity contribution in [3.05, 3.63) is 62.7 Å². The summed E-state index contributed by atoms with van der Waals surface area (Å²) in [5.74, 6) is 0.636. The molecule has 0 radical (unpaired) electrons. The zero-order valence-electron chi connectivity index (χ0n) is 18.6. The topological polar surface area (TPSA) is 76.1 Å². The molecule has 0 saturated heterocycles. The van der Waals surface area contributed by atoms with Gasteiger partial charge >= 0.3 is 5.69 Å². The van der Waals surface area contributed by atoms with Crippen LogP contribution >= 0.6 is 0 Å². The molecule has 0 bridgehead atoms. The number of hydrogen-bond donors (Lipinski definition) is 2. The van der Waals surface area contributed by atoms with Gasteiger partial charge in [-0.3, -0.25) is 9.78 Å². The first-order valence-electron chi connectivity index (χ1n) is 11.3. The van der Waals surface area contributed by atoms with Crippen LogP contribution in [0.25, 0.3) is 0 Å².